The molecule has 0 atom stereocenters. The largest absolute Gasteiger partial charge is 0.339 e. The Morgan fingerprint density at radius 3 is 2.42 bits per heavy atom. The minimum atomic E-state index is 0.0701. The van der Waals surface area contributed by atoms with E-state index in [1.54, 1.807) is 12.3 Å². The first-order valence-corrected chi connectivity index (χ1v) is 14.5. The Labute approximate surface area is 238 Å². The van der Waals surface area contributed by atoms with Gasteiger partial charge in [-0.15, -0.1) is 0 Å². The van der Waals surface area contributed by atoms with Crippen LogP contribution < -0.4 is 5.48 Å². The van der Waals surface area contributed by atoms with E-state index in [1.807, 2.05) is 30.0 Å². The lowest BCUT2D eigenvalue weighted by Gasteiger charge is -2.48. The molecular formula is C30H34BrClN4O2. The highest BCUT2D eigenvalue weighted by molar-refractivity contribution is 9.10. The lowest BCUT2D eigenvalue weighted by Crippen LogP contribution is -2.56. The van der Waals surface area contributed by atoms with E-state index >= 15 is 0 Å². The van der Waals surface area contributed by atoms with Crippen LogP contribution in [0.5, 0.6) is 0 Å². The van der Waals surface area contributed by atoms with Crippen molar-refractivity contribution in [2.24, 2.45) is 0 Å². The highest BCUT2D eigenvalue weighted by Gasteiger charge is 2.38. The third-order valence-electron chi connectivity index (χ3n) is 8.00. The molecule has 0 bridgehead atoms. The summed E-state index contributed by atoms with van der Waals surface area (Å²) < 4.78 is 1.07. The molecule has 2 aliphatic heterocycles. The maximum absolute atomic E-state index is 13.3. The van der Waals surface area contributed by atoms with E-state index < -0.39 is 0 Å². The molecule has 5 rings (SSSR count). The maximum Gasteiger partial charge on any atom is 0.253 e. The number of amides is 1. The third kappa shape index (κ3) is 5.76. The normalized spacial score (nSPS) is 18.0. The molecule has 0 radical (unpaired) electrons. The summed E-state index contributed by atoms with van der Waals surface area (Å²) in [5.41, 5.74) is 8.37. The topological polar surface area (TPSA) is 57.7 Å². The number of nitrogens with zero attached hydrogens (tertiary/aromatic N) is 3. The van der Waals surface area contributed by atoms with Gasteiger partial charge in [-0.1, -0.05) is 45.7 Å². The number of hydroxylamine groups is 1. The van der Waals surface area contributed by atoms with Gasteiger partial charge in [0.15, 0.2) is 0 Å². The second-order valence-corrected chi connectivity index (χ2v) is 11.6. The molecule has 0 unspecified atom stereocenters. The summed E-state index contributed by atoms with van der Waals surface area (Å²) in [4.78, 5) is 27.9. The van der Waals surface area contributed by atoms with Crippen molar-refractivity contribution in [3.05, 3.63) is 80.9 Å². The zero-order valence-corrected chi connectivity index (χ0v) is 24.3. The number of piperidine rings is 2. The molecule has 0 spiro atoms. The van der Waals surface area contributed by atoms with Crippen molar-refractivity contribution in [2.75, 3.05) is 32.8 Å². The summed E-state index contributed by atoms with van der Waals surface area (Å²) in [6.07, 6.45) is 5.60. The molecule has 2 aromatic carbocycles. The average molecular weight is 598 g/mol. The van der Waals surface area contributed by atoms with Gasteiger partial charge in [0.2, 0.25) is 0 Å². The van der Waals surface area contributed by atoms with Crippen molar-refractivity contribution in [3.63, 3.8) is 0 Å². The van der Waals surface area contributed by atoms with Crippen LogP contribution in [0.2, 0.25) is 5.02 Å². The number of hydrogen-bond donors (Lipinski definition) is 1. The Bertz CT molecular complexity index is 1330. The molecule has 38 heavy (non-hydrogen) atoms. The Kier molecular flexibility index (Phi) is 8.38. The maximum atomic E-state index is 13.3. The van der Waals surface area contributed by atoms with Crippen molar-refractivity contribution < 1.29 is 9.63 Å². The van der Waals surface area contributed by atoms with Gasteiger partial charge in [-0.2, -0.15) is 0 Å². The van der Waals surface area contributed by atoms with Gasteiger partial charge in [0.05, 0.1) is 22.8 Å². The van der Waals surface area contributed by atoms with E-state index in [-0.39, 0.29) is 11.4 Å². The van der Waals surface area contributed by atoms with Crippen molar-refractivity contribution in [2.45, 2.75) is 45.1 Å². The van der Waals surface area contributed by atoms with Crippen LogP contribution in [0.4, 0.5) is 0 Å². The highest BCUT2D eigenvalue weighted by Crippen LogP contribution is 2.35. The predicted octanol–water partition coefficient (Wildman–Crippen LogP) is 6.69. The second kappa shape index (κ2) is 11.7. The fourth-order valence-electron chi connectivity index (χ4n) is 5.60. The molecule has 1 aromatic heterocycles. The van der Waals surface area contributed by atoms with Crippen LogP contribution in [0.25, 0.3) is 16.6 Å². The number of rotatable bonds is 6. The monoisotopic (exact) mass is 596 g/mol. The lowest BCUT2D eigenvalue weighted by molar-refractivity contribution is 0.0256. The molecule has 0 aliphatic carbocycles. The van der Waals surface area contributed by atoms with Gasteiger partial charge in [0, 0.05) is 53.3 Å². The summed E-state index contributed by atoms with van der Waals surface area (Å²) in [5.74, 6) is 0.0701. The number of carbonyl (C=O) groups is 1. The van der Waals surface area contributed by atoms with E-state index in [4.69, 9.17) is 16.4 Å². The van der Waals surface area contributed by atoms with Crippen LogP contribution >= 0.6 is 27.5 Å². The van der Waals surface area contributed by atoms with Gasteiger partial charge >= 0.3 is 0 Å². The number of carbonyl (C=O) groups excluding carboxylic acids is 1. The Morgan fingerprint density at radius 1 is 1.05 bits per heavy atom. The van der Waals surface area contributed by atoms with E-state index in [2.05, 4.69) is 62.5 Å². The molecule has 3 heterocycles. The van der Waals surface area contributed by atoms with Crippen molar-refractivity contribution in [3.8, 4) is 0 Å². The van der Waals surface area contributed by atoms with Crippen LogP contribution in [-0.2, 0) is 4.84 Å². The summed E-state index contributed by atoms with van der Waals surface area (Å²) in [6.45, 7) is 8.48. The Morgan fingerprint density at radius 2 is 1.74 bits per heavy atom. The molecule has 2 saturated heterocycles. The number of hydrogen-bond acceptors (Lipinski definition) is 5. The number of benzene rings is 2. The standard InChI is InChI=1S/C30H34BrClN4O2/c1-3-38-34-28(21-4-7-24(31)8-5-21)22-11-16-36(17-12-22)30(2)13-18-35(19-14-30)29(37)23-6-9-25-26(32)10-15-33-27(25)20-23/h4-10,15,20,34H,3,11-14,16-19H2,1-2H3. The molecule has 1 amide bonds. The minimum Gasteiger partial charge on any atom is -0.339 e. The number of nitrogens with one attached hydrogen (secondary N) is 1. The average Bonchev–Trinajstić information content (AvgIpc) is 2.94. The molecule has 3 aromatic rings. The van der Waals surface area contributed by atoms with E-state index in [0.717, 1.165) is 78.5 Å². The molecule has 0 saturated carbocycles. The van der Waals surface area contributed by atoms with Gasteiger partial charge in [0.25, 0.3) is 5.91 Å². The molecule has 1 N–H and O–H groups in total. The summed E-state index contributed by atoms with van der Waals surface area (Å²) >= 11 is 9.81. The molecule has 2 aliphatic rings. The number of aromatic nitrogens is 1. The molecule has 8 heteroatoms. The fourth-order valence-corrected chi connectivity index (χ4v) is 6.08. The smallest absolute Gasteiger partial charge is 0.253 e. The zero-order valence-electron chi connectivity index (χ0n) is 22.0. The van der Waals surface area contributed by atoms with Crippen LogP contribution in [0.3, 0.4) is 0 Å². The molecular weight excluding hydrogens is 564 g/mol. The van der Waals surface area contributed by atoms with Crippen molar-refractivity contribution in [1.29, 1.82) is 0 Å². The quantitative estimate of drug-likeness (QED) is 0.321. The van der Waals surface area contributed by atoms with Crippen LogP contribution in [-0.4, -0.2) is 59.0 Å². The van der Waals surface area contributed by atoms with E-state index in [0.29, 0.717) is 17.2 Å². The number of fused-ring (bicyclic) bond motifs is 1. The molecule has 200 valence electrons. The van der Waals surface area contributed by atoms with Gasteiger partial charge in [-0.25, -0.2) is 0 Å². The highest BCUT2D eigenvalue weighted by atomic mass is 79.9. The SMILES string of the molecule is CCONC(=C1CCN(C2(C)CCN(C(=O)c3ccc4c(Cl)ccnc4c3)CC2)CC1)c1ccc(Br)cc1. The van der Waals surface area contributed by atoms with Gasteiger partial charge in [0.1, 0.15) is 0 Å². The Hall–Kier alpha value is -2.45. The third-order valence-corrected chi connectivity index (χ3v) is 8.86. The summed E-state index contributed by atoms with van der Waals surface area (Å²) in [5, 5.41) is 1.52. The van der Waals surface area contributed by atoms with Crippen LogP contribution in [0.1, 0.15) is 55.5 Å². The van der Waals surface area contributed by atoms with Gasteiger partial charge < -0.3 is 4.90 Å². The van der Waals surface area contributed by atoms with Crippen molar-refractivity contribution in [1.82, 2.24) is 20.3 Å². The van der Waals surface area contributed by atoms with Crippen LogP contribution in [0, 0.1) is 0 Å². The first-order chi connectivity index (χ1) is 18.4. The second-order valence-electron chi connectivity index (χ2n) is 10.3. The number of likely N-dealkylation sites (tertiary alicyclic amines) is 2. The van der Waals surface area contributed by atoms with Crippen LogP contribution in [0.15, 0.2) is 64.8 Å². The molecule has 2 fully saturated rings. The first kappa shape index (κ1) is 27.1. The summed E-state index contributed by atoms with van der Waals surface area (Å²) in [6, 6.07) is 15.8. The summed E-state index contributed by atoms with van der Waals surface area (Å²) in [7, 11) is 0. The van der Waals surface area contributed by atoms with E-state index in [9.17, 15) is 4.79 Å². The predicted molar refractivity (Wildman–Crippen MR) is 157 cm³/mol. The number of halogens is 2. The number of pyridine rings is 1. The lowest BCUT2D eigenvalue weighted by atomic mass is 9.85. The fraction of sp³-hybridized carbons (Fsp3) is 0.400. The van der Waals surface area contributed by atoms with Gasteiger partial charge in [-0.05, 0) is 81.0 Å². The zero-order chi connectivity index (χ0) is 26.7. The van der Waals surface area contributed by atoms with Crippen molar-refractivity contribution >= 4 is 50.0 Å². The first-order valence-electron chi connectivity index (χ1n) is 13.3. The van der Waals surface area contributed by atoms with E-state index in [1.165, 1.54) is 5.57 Å². The van der Waals surface area contributed by atoms with Gasteiger partial charge in [-0.3, -0.25) is 25.0 Å². The molecule has 6 nitrogen and oxygen atoms in total. The minimum absolute atomic E-state index is 0.0701. The Balaban J connectivity index is 1.22.